The first kappa shape index (κ1) is 30.4. The van der Waals surface area contributed by atoms with Gasteiger partial charge in [-0.25, -0.2) is 0 Å². The molecule has 4 rings (SSSR count). The van der Waals surface area contributed by atoms with Crippen molar-refractivity contribution in [1.82, 2.24) is 5.32 Å². The Morgan fingerprint density at radius 3 is 2.20 bits per heavy atom. The van der Waals surface area contributed by atoms with Crippen molar-refractivity contribution in [2.75, 3.05) is 0 Å². The summed E-state index contributed by atoms with van der Waals surface area (Å²) in [6, 6.07) is -0.647. The van der Waals surface area contributed by atoms with Crippen LogP contribution in [-0.4, -0.2) is 71.6 Å². The smallest absolute Gasteiger partial charge is 0.305 e. The summed E-state index contributed by atoms with van der Waals surface area (Å²) in [5.41, 5.74) is -1.24. The summed E-state index contributed by atoms with van der Waals surface area (Å²) in [6.07, 6.45) is 8.31. The SMILES string of the molecule is CCCCCCC(C)/C=C(C)/C=C/C(=O)NC1CC2(OC1OC(C)=O)C1OC1C(CC(C)=O)(OC(C)=O)C1OC12. The number of esters is 2. The fourth-order valence-electron chi connectivity index (χ4n) is 6.51. The van der Waals surface area contributed by atoms with Gasteiger partial charge in [0.25, 0.3) is 0 Å². The highest BCUT2D eigenvalue weighted by Gasteiger charge is 2.85. The molecule has 222 valence electrons. The summed E-state index contributed by atoms with van der Waals surface area (Å²) in [5, 5.41) is 2.92. The van der Waals surface area contributed by atoms with Crippen molar-refractivity contribution in [3.05, 3.63) is 23.8 Å². The minimum atomic E-state index is -1.22. The van der Waals surface area contributed by atoms with Crippen molar-refractivity contribution in [1.29, 1.82) is 0 Å². The van der Waals surface area contributed by atoms with Crippen molar-refractivity contribution >= 4 is 23.6 Å². The molecule has 3 aliphatic heterocycles. The molecule has 4 fully saturated rings. The van der Waals surface area contributed by atoms with Crippen molar-refractivity contribution in [2.24, 2.45) is 5.92 Å². The Morgan fingerprint density at radius 1 is 0.950 bits per heavy atom. The quantitative estimate of drug-likeness (QED) is 0.118. The van der Waals surface area contributed by atoms with E-state index in [1.54, 1.807) is 6.08 Å². The molecule has 3 heterocycles. The molecule has 4 aliphatic rings. The number of Topliss-reactive ketones (excluding diaryl/α,β-unsaturated/α-hetero) is 1. The molecular weight excluding hydrogens is 518 g/mol. The predicted molar refractivity (Wildman–Crippen MR) is 144 cm³/mol. The fourth-order valence-corrected chi connectivity index (χ4v) is 6.51. The molecule has 0 aromatic rings. The lowest BCUT2D eigenvalue weighted by Crippen LogP contribution is -2.59. The summed E-state index contributed by atoms with van der Waals surface area (Å²) >= 11 is 0. The Labute approximate surface area is 236 Å². The number of epoxide rings is 2. The molecule has 1 N–H and O–H groups in total. The summed E-state index contributed by atoms with van der Waals surface area (Å²) in [7, 11) is 0. The molecule has 0 bridgehead atoms. The number of ketones is 1. The normalized spacial score (nSPS) is 36.5. The van der Waals surface area contributed by atoms with E-state index in [1.807, 2.05) is 6.92 Å². The third-order valence-corrected chi connectivity index (χ3v) is 8.14. The minimum absolute atomic E-state index is 0.0342. The molecular formula is C30H43NO9. The zero-order valence-electron chi connectivity index (χ0n) is 24.4. The van der Waals surface area contributed by atoms with Crippen molar-refractivity contribution in [3.63, 3.8) is 0 Å². The maximum absolute atomic E-state index is 12.9. The second-order valence-corrected chi connectivity index (χ2v) is 11.8. The molecule has 1 aliphatic carbocycles. The first-order chi connectivity index (χ1) is 18.9. The van der Waals surface area contributed by atoms with Gasteiger partial charge in [0, 0.05) is 26.3 Å². The Hall–Kier alpha value is -2.56. The van der Waals surface area contributed by atoms with E-state index in [0.717, 1.165) is 12.0 Å². The van der Waals surface area contributed by atoms with E-state index >= 15 is 0 Å². The number of rotatable bonds is 13. The molecule has 1 saturated carbocycles. The molecule has 3 saturated heterocycles. The number of amides is 1. The number of fused-ring (bicyclic) bond motifs is 4. The van der Waals surface area contributed by atoms with Gasteiger partial charge >= 0.3 is 11.9 Å². The van der Waals surface area contributed by atoms with Gasteiger partial charge in [-0.2, -0.15) is 0 Å². The summed E-state index contributed by atoms with van der Waals surface area (Å²) in [6.45, 7) is 10.3. The summed E-state index contributed by atoms with van der Waals surface area (Å²) in [4.78, 5) is 48.8. The van der Waals surface area contributed by atoms with E-state index in [1.165, 1.54) is 52.5 Å². The monoisotopic (exact) mass is 561 g/mol. The van der Waals surface area contributed by atoms with Crippen LogP contribution in [0.3, 0.4) is 0 Å². The van der Waals surface area contributed by atoms with E-state index in [2.05, 4.69) is 25.2 Å². The number of carbonyl (C=O) groups is 4. The van der Waals surface area contributed by atoms with Crippen LogP contribution in [0.15, 0.2) is 23.8 Å². The predicted octanol–water partition coefficient (Wildman–Crippen LogP) is 3.46. The van der Waals surface area contributed by atoms with Gasteiger partial charge in [0.05, 0.1) is 12.5 Å². The highest BCUT2D eigenvalue weighted by atomic mass is 16.8. The topological polar surface area (TPSA) is 133 Å². The van der Waals surface area contributed by atoms with Crippen LogP contribution in [0.25, 0.3) is 0 Å². The van der Waals surface area contributed by atoms with Crippen molar-refractivity contribution in [3.8, 4) is 0 Å². The molecule has 40 heavy (non-hydrogen) atoms. The minimum Gasteiger partial charge on any atom is -0.453 e. The van der Waals surface area contributed by atoms with Gasteiger partial charge in [0.1, 0.15) is 35.8 Å². The van der Waals surface area contributed by atoms with Crippen LogP contribution in [0.4, 0.5) is 0 Å². The fraction of sp³-hybridized carbons (Fsp3) is 0.733. The average molecular weight is 562 g/mol. The van der Waals surface area contributed by atoms with Gasteiger partial charge in [-0.3, -0.25) is 19.2 Å². The number of carbonyl (C=O) groups excluding carboxylic acids is 4. The summed E-state index contributed by atoms with van der Waals surface area (Å²) in [5.74, 6) is -1.15. The van der Waals surface area contributed by atoms with Crippen LogP contribution in [0.5, 0.6) is 0 Å². The molecule has 1 spiro atoms. The Bertz CT molecular complexity index is 1030. The maximum atomic E-state index is 12.9. The van der Waals surface area contributed by atoms with Crippen LogP contribution in [0.2, 0.25) is 0 Å². The number of hydrogen-bond acceptors (Lipinski definition) is 9. The van der Waals surface area contributed by atoms with E-state index in [4.69, 9.17) is 23.7 Å². The van der Waals surface area contributed by atoms with Crippen LogP contribution in [0, 0.1) is 5.92 Å². The third kappa shape index (κ3) is 6.50. The number of hydrogen-bond donors (Lipinski definition) is 1. The van der Waals surface area contributed by atoms with Gasteiger partial charge < -0.3 is 29.0 Å². The molecule has 0 aromatic carbocycles. The highest BCUT2D eigenvalue weighted by Crippen LogP contribution is 2.64. The molecule has 0 aromatic heterocycles. The van der Waals surface area contributed by atoms with E-state index in [-0.39, 0.29) is 24.5 Å². The number of unbranched alkanes of at least 4 members (excludes halogenated alkanes) is 3. The molecule has 7 unspecified atom stereocenters. The largest absolute Gasteiger partial charge is 0.453 e. The second-order valence-electron chi connectivity index (χ2n) is 11.8. The lowest BCUT2D eigenvalue weighted by Gasteiger charge is -2.36. The standard InChI is InChI=1S/C30H43NO9/c1-7-8-9-10-11-17(2)14-18(3)12-13-23(35)31-22-16-30(40-28(22)36-20(5)33)26-24(37-26)29(15-19(4)32,39-21(6)34)25-27(30)38-25/h12-14,17,22,24-28H,7-11,15-16H2,1-6H3,(H,31,35)/b13-12+,18-14+. The van der Waals surface area contributed by atoms with Crippen LogP contribution in [-0.2, 0) is 42.9 Å². The third-order valence-electron chi connectivity index (χ3n) is 8.14. The second kappa shape index (κ2) is 12.1. The average Bonchev–Trinajstić information content (AvgIpc) is 3.76. The van der Waals surface area contributed by atoms with E-state index in [9.17, 15) is 19.2 Å². The number of allylic oxidation sites excluding steroid dienone is 3. The van der Waals surface area contributed by atoms with Crippen LogP contribution in [0.1, 0.15) is 86.5 Å². The van der Waals surface area contributed by atoms with Gasteiger partial charge in [-0.15, -0.1) is 0 Å². The van der Waals surface area contributed by atoms with E-state index < -0.39 is 59.9 Å². The number of nitrogens with one attached hydrogen (secondary N) is 1. The van der Waals surface area contributed by atoms with Gasteiger partial charge in [0.2, 0.25) is 12.2 Å². The Morgan fingerprint density at radius 2 is 1.62 bits per heavy atom. The Kier molecular flexibility index (Phi) is 9.21. The zero-order valence-corrected chi connectivity index (χ0v) is 24.4. The molecule has 7 atom stereocenters. The lowest BCUT2D eigenvalue weighted by molar-refractivity contribution is -0.197. The lowest BCUT2D eigenvalue weighted by atomic mass is 9.72. The first-order valence-corrected chi connectivity index (χ1v) is 14.4. The Balaban J connectivity index is 1.42. The van der Waals surface area contributed by atoms with E-state index in [0.29, 0.717) is 5.92 Å². The molecule has 1 amide bonds. The van der Waals surface area contributed by atoms with Crippen molar-refractivity contribution < 1.29 is 42.9 Å². The highest BCUT2D eigenvalue weighted by molar-refractivity contribution is 5.88. The van der Waals surface area contributed by atoms with Crippen LogP contribution < -0.4 is 5.32 Å². The molecule has 10 heteroatoms. The maximum Gasteiger partial charge on any atom is 0.305 e. The van der Waals surface area contributed by atoms with Gasteiger partial charge in [-0.1, -0.05) is 57.3 Å². The first-order valence-electron chi connectivity index (χ1n) is 14.4. The van der Waals surface area contributed by atoms with Crippen LogP contribution >= 0.6 is 0 Å². The van der Waals surface area contributed by atoms with Crippen molar-refractivity contribution in [2.45, 2.75) is 134 Å². The zero-order chi connectivity index (χ0) is 29.2. The molecule has 10 nitrogen and oxygen atoms in total. The number of ether oxygens (including phenoxy) is 5. The van der Waals surface area contributed by atoms with Gasteiger partial charge in [-0.05, 0) is 26.2 Å². The summed E-state index contributed by atoms with van der Waals surface area (Å²) < 4.78 is 29.4. The molecule has 0 radical (unpaired) electrons. The van der Waals surface area contributed by atoms with Gasteiger partial charge in [0.15, 0.2) is 5.60 Å².